The first-order valence-corrected chi connectivity index (χ1v) is 10.3. The van der Waals surface area contributed by atoms with E-state index in [0.29, 0.717) is 11.6 Å². The van der Waals surface area contributed by atoms with Crippen LogP contribution in [0.2, 0.25) is 5.02 Å². The number of halogens is 1. The summed E-state index contributed by atoms with van der Waals surface area (Å²) in [5.74, 6) is -1.77. The molecule has 31 heavy (non-hydrogen) atoms. The third kappa shape index (κ3) is 5.44. The summed E-state index contributed by atoms with van der Waals surface area (Å²) < 4.78 is 6.87. The van der Waals surface area contributed by atoms with Crippen LogP contribution in [0, 0.1) is 5.41 Å². The van der Waals surface area contributed by atoms with E-state index in [4.69, 9.17) is 21.4 Å². The summed E-state index contributed by atoms with van der Waals surface area (Å²) in [6, 6.07) is 6.68. The first-order valence-electron chi connectivity index (χ1n) is 9.96. The molecule has 0 bridgehead atoms. The summed E-state index contributed by atoms with van der Waals surface area (Å²) in [6.45, 7) is 4.21. The number of carbonyl (C=O) groups is 3. The minimum absolute atomic E-state index is 0.00739. The van der Waals surface area contributed by atoms with Crippen LogP contribution in [0.4, 0.5) is 0 Å². The fourth-order valence-electron chi connectivity index (χ4n) is 3.88. The summed E-state index contributed by atoms with van der Waals surface area (Å²) in [6.07, 6.45) is 1.82. The molecule has 1 aromatic carbocycles. The van der Waals surface area contributed by atoms with Crippen LogP contribution >= 0.6 is 11.6 Å². The lowest BCUT2D eigenvalue weighted by atomic mass is 9.84. The predicted octanol–water partition coefficient (Wildman–Crippen LogP) is 2.90. The van der Waals surface area contributed by atoms with Gasteiger partial charge in [0, 0.05) is 24.4 Å². The van der Waals surface area contributed by atoms with Gasteiger partial charge in [0.1, 0.15) is 6.04 Å². The number of esters is 1. The Morgan fingerprint density at radius 2 is 1.90 bits per heavy atom. The van der Waals surface area contributed by atoms with E-state index in [-0.39, 0.29) is 31.7 Å². The van der Waals surface area contributed by atoms with Gasteiger partial charge in [-0.1, -0.05) is 37.6 Å². The molecule has 2 aromatic rings. The molecule has 1 aliphatic heterocycles. The van der Waals surface area contributed by atoms with Crippen molar-refractivity contribution in [1.29, 1.82) is 0 Å². The quantitative estimate of drug-likeness (QED) is 0.655. The fourth-order valence-corrected chi connectivity index (χ4v) is 4.01. The van der Waals surface area contributed by atoms with Gasteiger partial charge in [-0.05, 0) is 23.1 Å². The number of carboxylic acids is 1. The zero-order valence-electron chi connectivity index (χ0n) is 17.8. The lowest BCUT2D eigenvalue weighted by molar-refractivity contribution is -0.155. The molecule has 1 N–H and O–H groups in total. The summed E-state index contributed by atoms with van der Waals surface area (Å²) in [5, 5.41) is 9.78. The third-order valence-electron chi connectivity index (χ3n) is 5.44. The maximum Gasteiger partial charge on any atom is 0.329 e. The van der Waals surface area contributed by atoms with E-state index in [1.54, 1.807) is 20.2 Å². The molecule has 0 saturated heterocycles. The second-order valence-corrected chi connectivity index (χ2v) is 9.00. The van der Waals surface area contributed by atoms with Gasteiger partial charge in [0.15, 0.2) is 0 Å². The van der Waals surface area contributed by atoms with E-state index in [1.807, 2.05) is 28.8 Å². The van der Waals surface area contributed by atoms with Crippen LogP contribution in [0.3, 0.4) is 0 Å². The highest BCUT2D eigenvalue weighted by Crippen LogP contribution is 2.30. The molecular formula is C22H26ClN3O5. The van der Waals surface area contributed by atoms with Crippen LogP contribution in [0.5, 0.6) is 0 Å². The SMILES string of the molecule is COC(=O)[C@@H]1Cc2ncn(Cc3ccc(Cl)cc3)c2CN1C(=O)CC(C)(C)CC(=O)O. The number of fused-ring (bicyclic) bond motifs is 1. The molecule has 0 aliphatic carbocycles. The number of hydrogen-bond donors (Lipinski definition) is 1. The molecule has 0 unspecified atom stereocenters. The van der Waals surface area contributed by atoms with Crippen molar-refractivity contribution in [3.63, 3.8) is 0 Å². The molecule has 1 aliphatic rings. The summed E-state index contributed by atoms with van der Waals surface area (Å²) in [5.41, 5.74) is 1.88. The number of imidazole rings is 1. The lowest BCUT2D eigenvalue weighted by Crippen LogP contribution is -2.50. The number of hydrogen-bond acceptors (Lipinski definition) is 5. The molecular weight excluding hydrogens is 422 g/mol. The van der Waals surface area contributed by atoms with E-state index >= 15 is 0 Å². The highest BCUT2D eigenvalue weighted by molar-refractivity contribution is 6.30. The number of rotatable bonds is 7. The number of ether oxygens (including phenoxy) is 1. The van der Waals surface area contributed by atoms with Gasteiger partial charge in [-0.15, -0.1) is 0 Å². The number of nitrogens with zero attached hydrogens (tertiary/aromatic N) is 3. The predicted molar refractivity (Wildman–Crippen MR) is 113 cm³/mol. The van der Waals surface area contributed by atoms with Gasteiger partial charge in [0.2, 0.25) is 5.91 Å². The molecule has 0 spiro atoms. The fraction of sp³-hybridized carbons (Fsp3) is 0.455. The van der Waals surface area contributed by atoms with Crippen LogP contribution < -0.4 is 0 Å². The largest absolute Gasteiger partial charge is 0.481 e. The van der Waals surface area contributed by atoms with E-state index in [0.717, 1.165) is 17.0 Å². The zero-order valence-corrected chi connectivity index (χ0v) is 18.6. The normalized spacial score (nSPS) is 16.0. The van der Waals surface area contributed by atoms with Crippen molar-refractivity contribution >= 4 is 29.4 Å². The Morgan fingerprint density at radius 3 is 2.52 bits per heavy atom. The molecule has 9 heteroatoms. The van der Waals surface area contributed by atoms with Gasteiger partial charge in [0.25, 0.3) is 0 Å². The average Bonchev–Trinajstić information content (AvgIpc) is 3.08. The van der Waals surface area contributed by atoms with Crippen LogP contribution in [-0.4, -0.2) is 50.6 Å². The lowest BCUT2D eigenvalue weighted by Gasteiger charge is -2.36. The van der Waals surface area contributed by atoms with Crippen molar-refractivity contribution < 1.29 is 24.2 Å². The smallest absolute Gasteiger partial charge is 0.329 e. The highest BCUT2D eigenvalue weighted by atomic mass is 35.5. The Kier molecular flexibility index (Phi) is 6.69. The molecule has 0 saturated carbocycles. The molecule has 3 rings (SSSR count). The van der Waals surface area contributed by atoms with Gasteiger partial charge >= 0.3 is 11.9 Å². The Labute approximate surface area is 185 Å². The molecule has 2 heterocycles. The number of carbonyl (C=O) groups excluding carboxylic acids is 2. The molecule has 1 atom stereocenters. The Bertz CT molecular complexity index is 984. The van der Waals surface area contributed by atoms with Gasteiger partial charge in [-0.3, -0.25) is 9.59 Å². The van der Waals surface area contributed by atoms with Crippen LogP contribution in [0.15, 0.2) is 30.6 Å². The number of aliphatic carboxylic acids is 1. The molecule has 1 aromatic heterocycles. The van der Waals surface area contributed by atoms with Crippen molar-refractivity contribution in [2.75, 3.05) is 7.11 Å². The minimum Gasteiger partial charge on any atom is -0.481 e. The molecule has 166 valence electrons. The maximum absolute atomic E-state index is 13.1. The topological polar surface area (TPSA) is 102 Å². The van der Waals surface area contributed by atoms with Crippen molar-refractivity contribution in [1.82, 2.24) is 14.5 Å². The van der Waals surface area contributed by atoms with Crippen LogP contribution in [-0.2, 0) is 38.6 Å². The molecule has 1 amide bonds. The number of carboxylic acid groups (broad SMARTS) is 1. The van der Waals surface area contributed by atoms with Gasteiger partial charge < -0.3 is 19.3 Å². The van der Waals surface area contributed by atoms with Crippen LogP contribution in [0.25, 0.3) is 0 Å². The Hall–Kier alpha value is -2.87. The van der Waals surface area contributed by atoms with Crippen molar-refractivity contribution in [3.8, 4) is 0 Å². The van der Waals surface area contributed by atoms with E-state index in [9.17, 15) is 14.4 Å². The summed E-state index contributed by atoms with van der Waals surface area (Å²) >= 11 is 5.96. The first-order chi connectivity index (χ1) is 14.6. The third-order valence-corrected chi connectivity index (χ3v) is 5.69. The number of methoxy groups -OCH3 is 1. The first kappa shape index (κ1) is 22.8. The summed E-state index contributed by atoms with van der Waals surface area (Å²) in [7, 11) is 1.29. The maximum atomic E-state index is 13.1. The molecule has 8 nitrogen and oxygen atoms in total. The minimum atomic E-state index is -0.968. The standard InChI is InChI=1S/C22H26ClN3O5/c1-22(2,10-20(28)29)9-19(27)26-12-18-16(8-17(26)21(30)31-3)24-13-25(18)11-14-4-6-15(23)7-5-14/h4-7,13,17H,8-12H2,1-3H3,(H,28,29)/t17-/m0/s1. The van der Waals surface area contributed by atoms with Gasteiger partial charge in [-0.25, -0.2) is 9.78 Å². The number of amides is 1. The Morgan fingerprint density at radius 1 is 1.23 bits per heavy atom. The van der Waals surface area contributed by atoms with E-state index in [1.165, 1.54) is 12.0 Å². The monoisotopic (exact) mass is 447 g/mol. The van der Waals surface area contributed by atoms with E-state index in [2.05, 4.69) is 4.98 Å². The molecule has 0 fully saturated rings. The van der Waals surface area contributed by atoms with Gasteiger partial charge in [0.05, 0.1) is 37.8 Å². The average molecular weight is 448 g/mol. The van der Waals surface area contributed by atoms with Crippen LogP contribution in [0.1, 0.15) is 43.6 Å². The number of benzene rings is 1. The van der Waals surface area contributed by atoms with Crippen molar-refractivity contribution in [3.05, 3.63) is 52.6 Å². The highest BCUT2D eigenvalue weighted by Gasteiger charge is 2.39. The summed E-state index contributed by atoms with van der Waals surface area (Å²) in [4.78, 5) is 42.6. The Balaban J connectivity index is 1.86. The molecule has 0 radical (unpaired) electrons. The second-order valence-electron chi connectivity index (χ2n) is 8.57. The van der Waals surface area contributed by atoms with Gasteiger partial charge in [-0.2, -0.15) is 0 Å². The van der Waals surface area contributed by atoms with E-state index < -0.39 is 23.4 Å². The zero-order chi connectivity index (χ0) is 22.8. The number of aromatic nitrogens is 2. The van der Waals surface area contributed by atoms with Crippen molar-refractivity contribution in [2.45, 2.75) is 52.2 Å². The second kappa shape index (κ2) is 9.09. The van der Waals surface area contributed by atoms with Crippen molar-refractivity contribution in [2.24, 2.45) is 5.41 Å².